The summed E-state index contributed by atoms with van der Waals surface area (Å²) in [6.45, 7) is 0. The highest BCUT2D eigenvalue weighted by Crippen LogP contribution is 2.30. The SMILES string of the molecule is Nc1nnc(SCC(=O)Nc2c(Cl)cccc2Cl)s1. The molecule has 2 aromatic rings. The Kier molecular flexibility index (Phi) is 4.87. The van der Waals surface area contributed by atoms with Gasteiger partial charge in [0.25, 0.3) is 0 Å². The molecule has 1 amide bonds. The molecule has 0 atom stereocenters. The summed E-state index contributed by atoms with van der Waals surface area (Å²) in [5.74, 6) is -0.0512. The summed E-state index contributed by atoms with van der Waals surface area (Å²) in [5, 5.41) is 11.3. The molecular formula is C10H8Cl2N4OS2. The van der Waals surface area contributed by atoms with E-state index in [4.69, 9.17) is 28.9 Å². The summed E-state index contributed by atoms with van der Waals surface area (Å²) in [7, 11) is 0. The number of nitrogens with two attached hydrogens (primary N) is 1. The van der Waals surface area contributed by atoms with E-state index in [0.29, 0.717) is 25.2 Å². The fourth-order valence-electron chi connectivity index (χ4n) is 1.20. The number of carbonyl (C=O) groups is 1. The van der Waals surface area contributed by atoms with E-state index in [-0.39, 0.29) is 11.7 Å². The summed E-state index contributed by atoms with van der Waals surface area (Å²) in [6.07, 6.45) is 0. The minimum Gasteiger partial charge on any atom is -0.374 e. The maximum absolute atomic E-state index is 11.8. The van der Waals surface area contributed by atoms with E-state index >= 15 is 0 Å². The first kappa shape index (κ1) is 14.4. The Morgan fingerprint density at radius 1 is 1.37 bits per heavy atom. The lowest BCUT2D eigenvalue weighted by molar-refractivity contribution is -0.113. The first-order valence-electron chi connectivity index (χ1n) is 5.02. The number of para-hydroxylation sites is 1. The molecule has 9 heteroatoms. The van der Waals surface area contributed by atoms with Crippen molar-refractivity contribution >= 4 is 63.0 Å². The van der Waals surface area contributed by atoms with Crippen molar-refractivity contribution in [3.8, 4) is 0 Å². The van der Waals surface area contributed by atoms with E-state index in [1.807, 2.05) is 0 Å². The molecule has 2 rings (SSSR count). The van der Waals surface area contributed by atoms with Crippen molar-refractivity contribution in [2.45, 2.75) is 4.34 Å². The third kappa shape index (κ3) is 3.97. The average Bonchev–Trinajstić information content (AvgIpc) is 2.77. The highest BCUT2D eigenvalue weighted by Gasteiger charge is 2.11. The smallest absolute Gasteiger partial charge is 0.234 e. The van der Waals surface area contributed by atoms with Crippen LogP contribution in [-0.4, -0.2) is 21.9 Å². The first-order chi connectivity index (χ1) is 9.06. The van der Waals surface area contributed by atoms with Gasteiger partial charge in [-0.15, -0.1) is 10.2 Å². The van der Waals surface area contributed by atoms with E-state index in [1.54, 1.807) is 18.2 Å². The van der Waals surface area contributed by atoms with Gasteiger partial charge in [0, 0.05) is 0 Å². The van der Waals surface area contributed by atoms with Crippen LogP contribution in [0.15, 0.2) is 22.5 Å². The molecule has 0 fully saturated rings. The zero-order valence-electron chi connectivity index (χ0n) is 9.39. The van der Waals surface area contributed by atoms with Gasteiger partial charge in [-0.25, -0.2) is 0 Å². The topological polar surface area (TPSA) is 80.9 Å². The fourth-order valence-corrected chi connectivity index (χ4v) is 3.13. The fraction of sp³-hybridized carbons (Fsp3) is 0.100. The summed E-state index contributed by atoms with van der Waals surface area (Å²) >= 11 is 14.4. The average molecular weight is 335 g/mol. The second-order valence-electron chi connectivity index (χ2n) is 3.34. The molecule has 19 heavy (non-hydrogen) atoms. The third-order valence-electron chi connectivity index (χ3n) is 1.98. The number of rotatable bonds is 4. The number of halogens is 2. The summed E-state index contributed by atoms with van der Waals surface area (Å²) in [4.78, 5) is 11.8. The number of nitrogen functional groups attached to an aromatic ring is 1. The number of thioether (sulfide) groups is 1. The standard InChI is InChI=1S/C10H8Cl2N4OS2/c11-5-2-1-3-6(12)8(5)14-7(17)4-18-10-16-15-9(13)19-10/h1-3H,4H2,(H2,13,15)(H,14,17). The summed E-state index contributed by atoms with van der Waals surface area (Å²) in [6, 6.07) is 5.02. The van der Waals surface area contributed by atoms with Crippen LogP contribution in [-0.2, 0) is 4.79 Å². The first-order valence-corrected chi connectivity index (χ1v) is 7.57. The number of amides is 1. The lowest BCUT2D eigenvalue weighted by Gasteiger charge is -2.08. The van der Waals surface area contributed by atoms with Crippen LogP contribution in [0.1, 0.15) is 0 Å². The van der Waals surface area contributed by atoms with Crippen molar-refractivity contribution in [3.63, 3.8) is 0 Å². The van der Waals surface area contributed by atoms with Crippen LogP contribution in [0.5, 0.6) is 0 Å². The monoisotopic (exact) mass is 334 g/mol. The minimum absolute atomic E-state index is 0.177. The normalized spacial score (nSPS) is 10.4. The van der Waals surface area contributed by atoms with Gasteiger partial charge < -0.3 is 11.1 Å². The molecule has 1 aromatic heterocycles. The Hall–Kier alpha value is -1.02. The predicted octanol–water partition coefficient (Wildman–Crippen LogP) is 3.16. The van der Waals surface area contributed by atoms with Crippen LogP contribution in [0, 0.1) is 0 Å². The molecule has 0 bridgehead atoms. The second kappa shape index (κ2) is 6.42. The highest BCUT2D eigenvalue weighted by molar-refractivity contribution is 8.01. The Bertz CT molecular complexity index is 585. The van der Waals surface area contributed by atoms with E-state index in [1.165, 1.54) is 23.1 Å². The molecule has 0 unspecified atom stereocenters. The van der Waals surface area contributed by atoms with E-state index in [0.717, 1.165) is 0 Å². The van der Waals surface area contributed by atoms with Crippen LogP contribution >= 0.6 is 46.3 Å². The van der Waals surface area contributed by atoms with Gasteiger partial charge in [0.2, 0.25) is 11.0 Å². The number of nitrogens with one attached hydrogen (secondary N) is 1. The van der Waals surface area contributed by atoms with Crippen LogP contribution in [0.4, 0.5) is 10.8 Å². The van der Waals surface area contributed by atoms with Crippen LogP contribution < -0.4 is 11.1 Å². The largest absolute Gasteiger partial charge is 0.374 e. The van der Waals surface area contributed by atoms with E-state index in [2.05, 4.69) is 15.5 Å². The van der Waals surface area contributed by atoms with Gasteiger partial charge in [-0.1, -0.05) is 52.4 Å². The van der Waals surface area contributed by atoms with Gasteiger partial charge in [-0.2, -0.15) is 0 Å². The zero-order valence-corrected chi connectivity index (χ0v) is 12.5. The maximum atomic E-state index is 11.8. The number of hydrogen-bond donors (Lipinski definition) is 2. The molecule has 1 heterocycles. The van der Waals surface area contributed by atoms with Crippen molar-refractivity contribution < 1.29 is 4.79 Å². The lowest BCUT2D eigenvalue weighted by atomic mass is 10.3. The van der Waals surface area contributed by atoms with Gasteiger partial charge in [-0.05, 0) is 12.1 Å². The van der Waals surface area contributed by atoms with Crippen molar-refractivity contribution in [1.82, 2.24) is 10.2 Å². The molecule has 0 aliphatic rings. The van der Waals surface area contributed by atoms with Gasteiger partial charge in [0.1, 0.15) is 0 Å². The van der Waals surface area contributed by atoms with Gasteiger partial charge in [0.15, 0.2) is 4.34 Å². The molecule has 0 saturated carbocycles. The molecule has 5 nitrogen and oxygen atoms in total. The maximum Gasteiger partial charge on any atom is 0.234 e. The number of anilines is 2. The highest BCUT2D eigenvalue weighted by atomic mass is 35.5. The Labute approximate surface area is 127 Å². The van der Waals surface area contributed by atoms with Crippen LogP contribution in [0.3, 0.4) is 0 Å². The molecule has 100 valence electrons. The van der Waals surface area contributed by atoms with E-state index < -0.39 is 0 Å². The van der Waals surface area contributed by atoms with Crippen molar-refractivity contribution in [2.24, 2.45) is 0 Å². The van der Waals surface area contributed by atoms with Gasteiger partial charge in [-0.3, -0.25) is 4.79 Å². The predicted molar refractivity (Wildman–Crippen MR) is 80.1 cm³/mol. The number of carbonyl (C=O) groups excluding carboxylic acids is 1. The Morgan fingerprint density at radius 3 is 2.63 bits per heavy atom. The Balaban J connectivity index is 1.94. The second-order valence-corrected chi connectivity index (χ2v) is 6.39. The molecule has 0 radical (unpaired) electrons. The number of benzene rings is 1. The molecule has 0 aliphatic heterocycles. The molecule has 0 spiro atoms. The molecular weight excluding hydrogens is 327 g/mol. The van der Waals surface area contributed by atoms with E-state index in [9.17, 15) is 4.79 Å². The molecule has 1 aromatic carbocycles. The van der Waals surface area contributed by atoms with Crippen LogP contribution in [0.2, 0.25) is 10.0 Å². The van der Waals surface area contributed by atoms with Crippen molar-refractivity contribution in [1.29, 1.82) is 0 Å². The number of nitrogens with zero attached hydrogens (tertiary/aromatic N) is 2. The quantitative estimate of drug-likeness (QED) is 0.839. The van der Waals surface area contributed by atoms with Crippen molar-refractivity contribution in [2.75, 3.05) is 16.8 Å². The lowest BCUT2D eigenvalue weighted by Crippen LogP contribution is -2.14. The van der Waals surface area contributed by atoms with Crippen LogP contribution in [0.25, 0.3) is 0 Å². The van der Waals surface area contributed by atoms with Crippen molar-refractivity contribution in [3.05, 3.63) is 28.2 Å². The third-order valence-corrected chi connectivity index (χ3v) is 4.49. The minimum atomic E-state index is -0.228. The molecule has 0 aliphatic carbocycles. The zero-order chi connectivity index (χ0) is 13.8. The molecule has 0 saturated heterocycles. The van der Waals surface area contributed by atoms with Gasteiger partial charge >= 0.3 is 0 Å². The Morgan fingerprint density at radius 2 is 2.05 bits per heavy atom. The number of aromatic nitrogens is 2. The van der Waals surface area contributed by atoms with Gasteiger partial charge in [0.05, 0.1) is 21.5 Å². The summed E-state index contributed by atoms with van der Waals surface area (Å²) < 4.78 is 0.637. The number of hydrogen-bond acceptors (Lipinski definition) is 6. The summed E-state index contributed by atoms with van der Waals surface area (Å²) in [5.41, 5.74) is 5.85. The molecule has 3 N–H and O–H groups in total.